The van der Waals surface area contributed by atoms with Crippen LogP contribution in [0, 0.1) is 0 Å². The van der Waals surface area contributed by atoms with Crippen molar-refractivity contribution in [3.63, 3.8) is 0 Å². The van der Waals surface area contributed by atoms with Crippen LogP contribution in [0.5, 0.6) is 0 Å². The molecule has 1 aliphatic heterocycles. The lowest BCUT2D eigenvalue weighted by Gasteiger charge is -2.25. The number of thiazole rings is 1. The highest BCUT2D eigenvalue weighted by molar-refractivity contribution is 7.07. The van der Waals surface area contributed by atoms with Gasteiger partial charge in [0.2, 0.25) is 0 Å². The number of methoxy groups -OCH3 is 1. The molecular weight excluding hydrogens is 424 g/mol. The van der Waals surface area contributed by atoms with Crippen molar-refractivity contribution in [2.75, 3.05) is 13.7 Å². The molecule has 1 atom stereocenters. The van der Waals surface area contributed by atoms with Crippen molar-refractivity contribution in [3.8, 4) is 0 Å². The number of nitrogens with zero attached hydrogens (tertiary/aromatic N) is 1. The Kier molecular flexibility index (Phi) is 5.38. The second-order valence-corrected chi connectivity index (χ2v) is 7.48. The van der Waals surface area contributed by atoms with Gasteiger partial charge in [0.05, 0.1) is 47.8 Å². The first-order chi connectivity index (χ1) is 15.0. The second-order valence-electron chi connectivity index (χ2n) is 6.44. The van der Waals surface area contributed by atoms with Crippen LogP contribution in [-0.2, 0) is 19.1 Å². The fourth-order valence-electron chi connectivity index (χ4n) is 3.41. The number of nitrogens with two attached hydrogens (primary N) is 1. The first kappa shape index (κ1) is 20.5. The maximum atomic E-state index is 13.2. The molecule has 0 saturated carbocycles. The molecule has 4 rings (SSSR count). The smallest absolute Gasteiger partial charge is 0.338 e. The van der Waals surface area contributed by atoms with Gasteiger partial charge in [0.25, 0.3) is 5.56 Å². The maximum absolute atomic E-state index is 13.2. The van der Waals surface area contributed by atoms with E-state index in [1.165, 1.54) is 25.7 Å². The van der Waals surface area contributed by atoms with Gasteiger partial charge in [-0.3, -0.25) is 9.36 Å². The van der Waals surface area contributed by atoms with Crippen molar-refractivity contribution >= 4 is 40.7 Å². The number of fused-ring (bicyclic) bond motifs is 1. The van der Waals surface area contributed by atoms with Crippen LogP contribution in [-0.4, -0.2) is 30.2 Å². The molecule has 0 saturated heterocycles. The summed E-state index contributed by atoms with van der Waals surface area (Å²) in [6.45, 7) is 1.72. The van der Waals surface area contributed by atoms with Crippen molar-refractivity contribution in [2.24, 2.45) is 5.73 Å². The number of carbonyl (C=O) groups excluding carboxylic acids is 2. The molecule has 4 heterocycles. The van der Waals surface area contributed by atoms with Crippen molar-refractivity contribution < 1.29 is 27.9 Å². The van der Waals surface area contributed by atoms with E-state index in [0.717, 1.165) is 15.9 Å². The van der Waals surface area contributed by atoms with Gasteiger partial charge >= 0.3 is 11.9 Å². The molecule has 0 spiro atoms. The summed E-state index contributed by atoms with van der Waals surface area (Å²) in [5.74, 6) is -1.89. The summed E-state index contributed by atoms with van der Waals surface area (Å²) in [5.41, 5.74) is 5.79. The molecule has 3 aromatic rings. The highest BCUT2D eigenvalue weighted by atomic mass is 32.1. The van der Waals surface area contributed by atoms with E-state index in [0.29, 0.717) is 5.76 Å². The molecule has 0 fully saturated rings. The molecule has 0 aromatic carbocycles. The van der Waals surface area contributed by atoms with Crippen molar-refractivity contribution in [1.29, 1.82) is 0 Å². The summed E-state index contributed by atoms with van der Waals surface area (Å²) in [5, 5.41) is 0. The van der Waals surface area contributed by atoms with Gasteiger partial charge < -0.3 is 24.0 Å². The van der Waals surface area contributed by atoms with Gasteiger partial charge in [-0.1, -0.05) is 0 Å². The number of carbonyl (C=O) groups is 2. The molecule has 1 aliphatic rings. The molecule has 3 aromatic heterocycles. The quantitative estimate of drug-likeness (QED) is 0.573. The van der Waals surface area contributed by atoms with Gasteiger partial charge in [0, 0.05) is 6.08 Å². The Bertz CT molecular complexity index is 1340. The maximum Gasteiger partial charge on any atom is 0.338 e. The molecule has 9 nitrogen and oxygen atoms in total. The highest BCUT2D eigenvalue weighted by Gasteiger charge is 2.41. The van der Waals surface area contributed by atoms with E-state index in [1.54, 1.807) is 31.2 Å². The predicted octanol–water partition coefficient (Wildman–Crippen LogP) is 0.736. The number of aromatic nitrogens is 1. The Morgan fingerprint density at radius 2 is 1.94 bits per heavy atom. The average molecular weight is 442 g/mol. The first-order valence-corrected chi connectivity index (χ1v) is 10.1. The standard InChI is InChI=1S/C21H18N2O7S/c1-3-28-21(26)15-14(12-7-5-9-30-12)16(20(25)27-2)19-23(17(15)22)18(24)13(31-19)10-11-6-4-8-29-11/h4-10,14H,3,22H2,1-2H3/b13-10-/t14-/m1/s1. The van der Waals surface area contributed by atoms with E-state index in [1.807, 2.05) is 0 Å². The van der Waals surface area contributed by atoms with Crippen LogP contribution in [0.4, 0.5) is 0 Å². The Labute approximate surface area is 179 Å². The first-order valence-electron chi connectivity index (χ1n) is 9.28. The summed E-state index contributed by atoms with van der Waals surface area (Å²) < 4.78 is 22.6. The molecule has 0 radical (unpaired) electrons. The summed E-state index contributed by atoms with van der Waals surface area (Å²) in [6, 6.07) is 6.60. The van der Waals surface area contributed by atoms with Crippen LogP contribution in [0.1, 0.15) is 24.4 Å². The van der Waals surface area contributed by atoms with Crippen molar-refractivity contribution in [1.82, 2.24) is 4.57 Å². The molecule has 160 valence electrons. The van der Waals surface area contributed by atoms with Gasteiger partial charge in [-0.05, 0) is 31.2 Å². The zero-order valence-corrected chi connectivity index (χ0v) is 17.4. The van der Waals surface area contributed by atoms with Gasteiger partial charge in [-0.2, -0.15) is 0 Å². The van der Waals surface area contributed by atoms with Crippen LogP contribution in [0.25, 0.3) is 17.5 Å². The molecule has 0 amide bonds. The minimum absolute atomic E-state index is 0.0518. The molecular formula is C21H18N2O7S. The summed E-state index contributed by atoms with van der Waals surface area (Å²) >= 11 is 1.03. The van der Waals surface area contributed by atoms with E-state index in [2.05, 4.69) is 0 Å². The third-order valence-corrected chi connectivity index (χ3v) is 5.80. The third-order valence-electron chi connectivity index (χ3n) is 4.69. The molecule has 10 heteroatoms. The van der Waals surface area contributed by atoms with E-state index in [-0.39, 0.29) is 38.5 Å². The Balaban J connectivity index is 2.12. The number of hydrogen-bond donors (Lipinski definition) is 1. The molecule has 0 unspecified atom stereocenters. The van der Waals surface area contributed by atoms with E-state index >= 15 is 0 Å². The second kappa shape index (κ2) is 8.15. The Hall–Kier alpha value is -3.79. The third kappa shape index (κ3) is 3.40. The van der Waals surface area contributed by atoms with E-state index in [9.17, 15) is 14.4 Å². The fourth-order valence-corrected chi connectivity index (χ4v) is 4.55. The van der Waals surface area contributed by atoms with Gasteiger partial charge in [-0.25, -0.2) is 9.59 Å². The zero-order valence-electron chi connectivity index (χ0n) is 16.6. The summed E-state index contributed by atoms with van der Waals surface area (Å²) in [4.78, 5) is 38.9. The molecule has 31 heavy (non-hydrogen) atoms. The number of hydrogen-bond acceptors (Lipinski definition) is 9. The van der Waals surface area contributed by atoms with E-state index < -0.39 is 23.4 Å². The largest absolute Gasteiger partial charge is 0.468 e. The Morgan fingerprint density at radius 1 is 1.19 bits per heavy atom. The van der Waals surface area contributed by atoms with Crippen molar-refractivity contribution in [2.45, 2.75) is 12.8 Å². The SMILES string of the molecule is CCOC(=O)C1=C(N)n2c(s/c(=C\c3ccco3)c2=O)=C(C(=O)OC)[C@@H]1c1ccco1. The van der Waals surface area contributed by atoms with Crippen LogP contribution in [0.2, 0.25) is 0 Å². The monoisotopic (exact) mass is 442 g/mol. The lowest BCUT2D eigenvalue weighted by atomic mass is 9.87. The molecule has 0 bridgehead atoms. The lowest BCUT2D eigenvalue weighted by molar-refractivity contribution is -0.138. The number of furan rings is 2. The number of ether oxygens (including phenoxy) is 2. The van der Waals surface area contributed by atoms with Gasteiger partial charge in [-0.15, -0.1) is 11.3 Å². The van der Waals surface area contributed by atoms with Crippen LogP contribution < -0.4 is 20.5 Å². The highest BCUT2D eigenvalue weighted by Crippen LogP contribution is 2.37. The lowest BCUT2D eigenvalue weighted by Crippen LogP contribution is -2.41. The Morgan fingerprint density at radius 3 is 2.55 bits per heavy atom. The zero-order chi connectivity index (χ0) is 22.1. The van der Waals surface area contributed by atoms with Crippen LogP contribution in [0.15, 0.2) is 56.0 Å². The van der Waals surface area contributed by atoms with Crippen molar-refractivity contribution in [3.05, 3.63) is 73.4 Å². The van der Waals surface area contributed by atoms with Crippen LogP contribution >= 0.6 is 11.3 Å². The summed E-state index contributed by atoms with van der Waals surface area (Å²) in [6.07, 6.45) is 4.42. The fraction of sp³-hybridized carbons (Fsp3) is 0.190. The minimum atomic E-state index is -1.00. The summed E-state index contributed by atoms with van der Waals surface area (Å²) in [7, 11) is 1.21. The van der Waals surface area contributed by atoms with E-state index in [4.69, 9.17) is 24.0 Å². The predicted molar refractivity (Wildman–Crippen MR) is 111 cm³/mol. The number of rotatable bonds is 5. The topological polar surface area (TPSA) is 127 Å². The normalized spacial score (nSPS) is 16.4. The molecule has 2 N–H and O–H groups in total. The van der Waals surface area contributed by atoms with Gasteiger partial charge in [0.15, 0.2) is 0 Å². The van der Waals surface area contributed by atoms with Crippen LogP contribution in [0.3, 0.4) is 0 Å². The minimum Gasteiger partial charge on any atom is -0.468 e. The number of esters is 2. The molecule has 0 aliphatic carbocycles. The van der Waals surface area contributed by atoms with Gasteiger partial charge in [0.1, 0.15) is 22.0 Å². The average Bonchev–Trinajstić information content (AvgIpc) is 3.50.